The van der Waals surface area contributed by atoms with E-state index in [-0.39, 0.29) is 30.0 Å². The van der Waals surface area contributed by atoms with Crippen LogP contribution < -0.4 is 4.74 Å². The van der Waals surface area contributed by atoms with Crippen LogP contribution in [0.15, 0.2) is 42.5 Å². The number of carbonyl (C=O) groups excluding carboxylic acids is 2. The van der Waals surface area contributed by atoms with E-state index in [0.717, 1.165) is 16.5 Å². The lowest BCUT2D eigenvalue weighted by Gasteiger charge is -2.19. The number of nitrogens with zero attached hydrogens (tertiary/aromatic N) is 2. The van der Waals surface area contributed by atoms with Crippen LogP contribution in [0.3, 0.4) is 0 Å². The fourth-order valence-electron chi connectivity index (χ4n) is 2.73. The van der Waals surface area contributed by atoms with Crippen molar-refractivity contribution in [1.29, 1.82) is 0 Å². The summed E-state index contributed by atoms with van der Waals surface area (Å²) < 4.78 is 5.52. The first-order valence-electron chi connectivity index (χ1n) is 7.89. The number of aliphatic hydroxyl groups excluding tert-OH is 1. The standard InChI is InChI=1S/C18H16N2O6/c1-11-4-2-3-5-16(11)26-10-13(21)9-19-17(22)14-7-6-12(20(24)25)8-15(14)18(19)23/h2-8,13,21H,9-10H2,1H3/t13-/m0/s1. The lowest BCUT2D eigenvalue weighted by molar-refractivity contribution is -0.384. The van der Waals surface area contributed by atoms with Crippen LogP contribution >= 0.6 is 0 Å². The van der Waals surface area contributed by atoms with Gasteiger partial charge in [0.25, 0.3) is 17.5 Å². The molecule has 0 saturated carbocycles. The number of aliphatic hydroxyl groups is 1. The zero-order valence-electron chi connectivity index (χ0n) is 13.9. The van der Waals surface area contributed by atoms with E-state index in [4.69, 9.17) is 4.74 Å². The van der Waals surface area contributed by atoms with E-state index in [9.17, 15) is 24.8 Å². The third kappa shape index (κ3) is 3.27. The van der Waals surface area contributed by atoms with Gasteiger partial charge in [-0.1, -0.05) is 18.2 Å². The van der Waals surface area contributed by atoms with Crippen molar-refractivity contribution in [3.8, 4) is 5.75 Å². The van der Waals surface area contributed by atoms with Gasteiger partial charge in [-0.2, -0.15) is 0 Å². The van der Waals surface area contributed by atoms with Crippen LogP contribution in [0, 0.1) is 17.0 Å². The first kappa shape index (κ1) is 17.6. The average molecular weight is 356 g/mol. The second kappa shape index (κ2) is 6.93. The number of carbonyl (C=O) groups is 2. The molecule has 1 N–H and O–H groups in total. The molecule has 26 heavy (non-hydrogen) atoms. The van der Waals surface area contributed by atoms with Crippen molar-refractivity contribution in [2.45, 2.75) is 13.0 Å². The highest BCUT2D eigenvalue weighted by Crippen LogP contribution is 2.27. The van der Waals surface area contributed by atoms with Crippen molar-refractivity contribution in [3.63, 3.8) is 0 Å². The number of amides is 2. The smallest absolute Gasteiger partial charge is 0.270 e. The van der Waals surface area contributed by atoms with Gasteiger partial charge in [0.05, 0.1) is 22.6 Å². The maximum Gasteiger partial charge on any atom is 0.270 e. The van der Waals surface area contributed by atoms with Crippen LogP contribution in [0.2, 0.25) is 0 Å². The summed E-state index contributed by atoms with van der Waals surface area (Å²) >= 11 is 0. The molecule has 8 heteroatoms. The number of aryl methyl sites for hydroxylation is 1. The summed E-state index contributed by atoms with van der Waals surface area (Å²) in [7, 11) is 0. The number of non-ortho nitro benzene ring substituents is 1. The molecular weight excluding hydrogens is 340 g/mol. The van der Waals surface area contributed by atoms with E-state index in [1.165, 1.54) is 12.1 Å². The zero-order valence-corrected chi connectivity index (χ0v) is 13.9. The minimum absolute atomic E-state index is 0.0313. The summed E-state index contributed by atoms with van der Waals surface area (Å²) in [5.74, 6) is -0.650. The van der Waals surface area contributed by atoms with E-state index in [2.05, 4.69) is 0 Å². The topological polar surface area (TPSA) is 110 Å². The number of imide groups is 1. The van der Waals surface area contributed by atoms with Gasteiger partial charge in [0.2, 0.25) is 0 Å². The summed E-state index contributed by atoms with van der Waals surface area (Å²) in [4.78, 5) is 35.8. The molecule has 2 amide bonds. The molecular formula is C18H16N2O6. The maximum atomic E-state index is 12.4. The fourth-order valence-corrected chi connectivity index (χ4v) is 2.73. The number of fused-ring (bicyclic) bond motifs is 1. The van der Waals surface area contributed by atoms with E-state index in [1.54, 1.807) is 12.1 Å². The van der Waals surface area contributed by atoms with Crippen LogP contribution in [0.5, 0.6) is 5.75 Å². The molecule has 1 heterocycles. The Labute approximate surface area is 148 Å². The van der Waals surface area contributed by atoms with Gasteiger partial charge in [-0.05, 0) is 24.6 Å². The largest absolute Gasteiger partial charge is 0.491 e. The quantitative estimate of drug-likeness (QED) is 0.481. The summed E-state index contributed by atoms with van der Waals surface area (Å²) in [6.07, 6.45) is -1.09. The monoisotopic (exact) mass is 356 g/mol. The van der Waals surface area contributed by atoms with E-state index in [1.807, 2.05) is 19.1 Å². The van der Waals surface area contributed by atoms with Crippen molar-refractivity contribution >= 4 is 17.5 Å². The molecule has 1 aliphatic rings. The van der Waals surface area contributed by atoms with Gasteiger partial charge in [-0.15, -0.1) is 0 Å². The van der Waals surface area contributed by atoms with Crippen molar-refractivity contribution < 1.29 is 24.4 Å². The second-order valence-corrected chi connectivity index (χ2v) is 5.94. The summed E-state index contributed by atoms with van der Waals surface area (Å²) in [5.41, 5.74) is 0.687. The van der Waals surface area contributed by atoms with Crippen molar-refractivity contribution in [1.82, 2.24) is 4.90 Å². The highest BCUT2D eigenvalue weighted by atomic mass is 16.6. The second-order valence-electron chi connectivity index (χ2n) is 5.94. The summed E-state index contributed by atoms with van der Waals surface area (Å²) in [6.45, 7) is 1.50. The lowest BCUT2D eigenvalue weighted by atomic mass is 10.1. The fraction of sp³-hybridized carbons (Fsp3) is 0.222. The number of hydrogen-bond donors (Lipinski definition) is 1. The average Bonchev–Trinajstić information content (AvgIpc) is 2.85. The van der Waals surface area contributed by atoms with Crippen LogP contribution in [0.1, 0.15) is 26.3 Å². The third-order valence-corrected chi connectivity index (χ3v) is 4.08. The molecule has 2 aromatic rings. The molecule has 1 atom stereocenters. The number of nitro groups is 1. The number of benzene rings is 2. The molecule has 0 spiro atoms. The van der Waals surface area contributed by atoms with Crippen LogP contribution in [-0.4, -0.2) is 46.0 Å². The van der Waals surface area contributed by atoms with E-state index < -0.39 is 22.8 Å². The minimum atomic E-state index is -1.09. The highest BCUT2D eigenvalue weighted by Gasteiger charge is 2.37. The van der Waals surface area contributed by atoms with E-state index >= 15 is 0 Å². The van der Waals surface area contributed by atoms with E-state index in [0.29, 0.717) is 5.75 Å². The Bertz CT molecular complexity index is 895. The molecule has 8 nitrogen and oxygen atoms in total. The lowest BCUT2D eigenvalue weighted by Crippen LogP contribution is -2.39. The predicted octanol–water partition coefficient (Wildman–Crippen LogP) is 1.94. The Hall–Kier alpha value is -3.26. The molecule has 0 radical (unpaired) electrons. The molecule has 0 bridgehead atoms. The Kier molecular flexibility index (Phi) is 4.68. The molecule has 0 fully saturated rings. The van der Waals surface area contributed by atoms with Gasteiger partial charge in [-0.3, -0.25) is 24.6 Å². The van der Waals surface area contributed by atoms with Crippen molar-refractivity contribution in [2.24, 2.45) is 0 Å². The first-order chi connectivity index (χ1) is 12.4. The molecule has 0 aromatic heterocycles. The van der Waals surface area contributed by atoms with Crippen LogP contribution in [-0.2, 0) is 0 Å². The van der Waals surface area contributed by atoms with Gasteiger partial charge in [0.1, 0.15) is 18.5 Å². The number of para-hydroxylation sites is 1. The summed E-state index contributed by atoms with van der Waals surface area (Å²) in [6, 6.07) is 10.8. The number of ether oxygens (including phenoxy) is 1. The Morgan fingerprint density at radius 2 is 1.85 bits per heavy atom. The molecule has 2 aromatic carbocycles. The zero-order chi connectivity index (χ0) is 18.8. The number of hydrogen-bond acceptors (Lipinski definition) is 6. The Morgan fingerprint density at radius 3 is 2.54 bits per heavy atom. The Morgan fingerprint density at radius 1 is 1.15 bits per heavy atom. The predicted molar refractivity (Wildman–Crippen MR) is 91.1 cm³/mol. The highest BCUT2D eigenvalue weighted by molar-refractivity contribution is 6.21. The molecule has 1 aliphatic heterocycles. The molecule has 0 saturated heterocycles. The normalized spacial score (nSPS) is 14.3. The van der Waals surface area contributed by atoms with Crippen molar-refractivity contribution in [2.75, 3.05) is 13.2 Å². The third-order valence-electron chi connectivity index (χ3n) is 4.08. The first-order valence-corrected chi connectivity index (χ1v) is 7.89. The Balaban J connectivity index is 1.68. The van der Waals surface area contributed by atoms with Gasteiger partial charge in [-0.25, -0.2) is 0 Å². The maximum absolute atomic E-state index is 12.4. The number of nitro benzene ring substituents is 1. The van der Waals surface area contributed by atoms with Gasteiger partial charge < -0.3 is 9.84 Å². The molecule has 134 valence electrons. The minimum Gasteiger partial charge on any atom is -0.491 e. The molecule has 0 unspecified atom stereocenters. The number of rotatable bonds is 6. The van der Waals surface area contributed by atoms with Gasteiger partial charge in [0.15, 0.2) is 0 Å². The van der Waals surface area contributed by atoms with Gasteiger partial charge in [0, 0.05) is 12.1 Å². The van der Waals surface area contributed by atoms with Crippen LogP contribution in [0.25, 0.3) is 0 Å². The molecule has 3 rings (SSSR count). The SMILES string of the molecule is Cc1ccccc1OC[C@@H](O)CN1C(=O)c2ccc([N+](=O)[O-])cc2C1=O. The number of β-amino-alcohol motifs (C(OH)–C–C–N with tert-alkyl or cyclic N) is 1. The van der Waals surface area contributed by atoms with Crippen molar-refractivity contribution in [3.05, 3.63) is 69.3 Å². The van der Waals surface area contributed by atoms with Crippen LogP contribution in [0.4, 0.5) is 5.69 Å². The molecule has 0 aliphatic carbocycles. The van der Waals surface area contributed by atoms with Gasteiger partial charge >= 0.3 is 0 Å². The summed E-state index contributed by atoms with van der Waals surface area (Å²) in [5, 5.41) is 21.0.